The summed E-state index contributed by atoms with van der Waals surface area (Å²) in [5, 5.41) is 3.84. The molecule has 2 atom stereocenters. The first-order valence-corrected chi connectivity index (χ1v) is 14.1. The van der Waals surface area contributed by atoms with Crippen molar-refractivity contribution in [3.05, 3.63) is 63.6 Å². The maximum absolute atomic E-state index is 13.7. The lowest BCUT2D eigenvalue weighted by molar-refractivity contribution is -0.140. The van der Waals surface area contributed by atoms with Crippen molar-refractivity contribution < 1.29 is 18.0 Å². The van der Waals surface area contributed by atoms with Gasteiger partial charge in [0.2, 0.25) is 21.8 Å². The van der Waals surface area contributed by atoms with Gasteiger partial charge in [-0.05, 0) is 62.1 Å². The number of benzene rings is 2. The maximum Gasteiger partial charge on any atom is 0.244 e. The maximum atomic E-state index is 13.7. The highest BCUT2D eigenvalue weighted by atomic mass is 35.5. The molecule has 0 aromatic heterocycles. The molecule has 2 rings (SSSR count). The highest BCUT2D eigenvalue weighted by molar-refractivity contribution is 7.92. The Morgan fingerprint density at radius 2 is 1.60 bits per heavy atom. The van der Waals surface area contributed by atoms with E-state index in [0.717, 1.165) is 22.5 Å². The van der Waals surface area contributed by atoms with E-state index in [0.29, 0.717) is 27.7 Å². The van der Waals surface area contributed by atoms with Crippen molar-refractivity contribution in [3.8, 4) is 0 Å². The summed E-state index contributed by atoms with van der Waals surface area (Å²) >= 11 is 12.1. The fraction of sp³-hybridized carbons (Fsp3) is 0.440. The summed E-state index contributed by atoms with van der Waals surface area (Å²) in [5.41, 5.74) is 1.73. The number of rotatable bonds is 11. The summed E-state index contributed by atoms with van der Waals surface area (Å²) in [6, 6.07) is 11.0. The van der Waals surface area contributed by atoms with E-state index in [4.69, 9.17) is 23.2 Å². The second kappa shape index (κ2) is 12.6. The minimum atomic E-state index is -3.83. The van der Waals surface area contributed by atoms with Crippen molar-refractivity contribution >= 4 is 50.7 Å². The number of aryl methyl sites for hydroxylation is 1. The SMILES string of the molecule is CCC(C)NC(=O)C(CC)N(Cc1ccc(Cl)cc1)C(=O)CN(c1cc(Cl)ccc1C)S(C)(=O)=O. The van der Waals surface area contributed by atoms with Gasteiger partial charge >= 0.3 is 0 Å². The molecule has 0 spiro atoms. The summed E-state index contributed by atoms with van der Waals surface area (Å²) in [6.07, 6.45) is 2.14. The van der Waals surface area contributed by atoms with E-state index in [1.54, 1.807) is 43.3 Å². The number of anilines is 1. The standard InChI is InChI=1S/C25H33Cl2N3O4S/c1-6-18(4)28-25(32)22(7-2)29(15-19-9-12-20(26)13-10-19)24(31)16-30(35(5,33)34)23-14-21(27)11-8-17(23)3/h8-14,18,22H,6-7,15-16H2,1-5H3,(H,28,32). The van der Waals surface area contributed by atoms with Crippen molar-refractivity contribution in [3.63, 3.8) is 0 Å². The average molecular weight is 543 g/mol. The number of sulfonamides is 1. The lowest BCUT2D eigenvalue weighted by atomic mass is 10.1. The van der Waals surface area contributed by atoms with Gasteiger partial charge in [0.05, 0.1) is 11.9 Å². The molecular formula is C25H33Cl2N3O4S. The van der Waals surface area contributed by atoms with Crippen molar-refractivity contribution in [1.29, 1.82) is 0 Å². The van der Waals surface area contributed by atoms with Gasteiger partial charge in [-0.25, -0.2) is 8.42 Å². The summed E-state index contributed by atoms with van der Waals surface area (Å²) in [4.78, 5) is 28.2. The molecule has 0 saturated heterocycles. The van der Waals surface area contributed by atoms with Gasteiger partial charge in [0.1, 0.15) is 12.6 Å². The van der Waals surface area contributed by atoms with Crippen molar-refractivity contribution in [2.24, 2.45) is 0 Å². The van der Waals surface area contributed by atoms with Crippen LogP contribution in [0.25, 0.3) is 0 Å². The highest BCUT2D eigenvalue weighted by Gasteiger charge is 2.32. The van der Waals surface area contributed by atoms with Crippen LogP contribution in [0.3, 0.4) is 0 Å². The summed E-state index contributed by atoms with van der Waals surface area (Å²) in [5.74, 6) is -0.787. The summed E-state index contributed by atoms with van der Waals surface area (Å²) in [7, 11) is -3.83. The number of amides is 2. The van der Waals surface area contributed by atoms with Crippen LogP contribution in [-0.2, 0) is 26.2 Å². The highest BCUT2D eigenvalue weighted by Crippen LogP contribution is 2.27. The summed E-state index contributed by atoms with van der Waals surface area (Å²) in [6.45, 7) is 7.06. The van der Waals surface area contributed by atoms with Crippen LogP contribution in [-0.4, -0.2) is 50.0 Å². The third-order valence-corrected chi connectivity index (χ3v) is 7.39. The Labute approximate surface area is 218 Å². The van der Waals surface area contributed by atoms with Crippen LogP contribution in [0.15, 0.2) is 42.5 Å². The number of nitrogens with zero attached hydrogens (tertiary/aromatic N) is 2. The Bertz CT molecular complexity index is 1140. The minimum Gasteiger partial charge on any atom is -0.352 e. The first-order valence-electron chi connectivity index (χ1n) is 11.5. The van der Waals surface area contributed by atoms with Gasteiger partial charge in [-0.3, -0.25) is 13.9 Å². The van der Waals surface area contributed by atoms with Gasteiger partial charge in [-0.2, -0.15) is 0 Å². The molecule has 0 saturated carbocycles. The molecule has 0 aliphatic rings. The molecule has 0 aliphatic heterocycles. The number of halogens is 2. The molecule has 2 aromatic carbocycles. The number of carbonyl (C=O) groups is 2. The Morgan fingerprint density at radius 1 is 1.00 bits per heavy atom. The predicted octanol–water partition coefficient (Wildman–Crippen LogP) is 4.79. The second-order valence-electron chi connectivity index (χ2n) is 8.59. The second-order valence-corrected chi connectivity index (χ2v) is 11.4. The molecule has 7 nitrogen and oxygen atoms in total. The molecule has 2 unspecified atom stereocenters. The van der Waals surface area contributed by atoms with E-state index in [2.05, 4.69) is 5.32 Å². The first-order chi connectivity index (χ1) is 16.4. The van der Waals surface area contributed by atoms with Gasteiger partial charge in [-0.15, -0.1) is 0 Å². The number of carbonyl (C=O) groups excluding carboxylic acids is 2. The van der Waals surface area contributed by atoms with Crippen LogP contribution in [0.1, 0.15) is 44.7 Å². The zero-order chi connectivity index (χ0) is 26.3. The van der Waals surface area contributed by atoms with E-state index >= 15 is 0 Å². The Balaban J connectivity index is 2.47. The molecule has 0 fully saturated rings. The Kier molecular flexibility index (Phi) is 10.4. The third kappa shape index (κ3) is 8.12. The van der Waals surface area contributed by atoms with E-state index in [1.807, 2.05) is 20.8 Å². The fourth-order valence-corrected chi connectivity index (χ4v) is 4.78. The summed E-state index contributed by atoms with van der Waals surface area (Å²) < 4.78 is 26.5. The Hall–Kier alpha value is -2.29. The third-order valence-electron chi connectivity index (χ3n) is 5.77. The fourth-order valence-electron chi connectivity index (χ4n) is 3.59. The lowest BCUT2D eigenvalue weighted by Gasteiger charge is -2.33. The van der Waals surface area contributed by atoms with Gasteiger partial charge in [-0.1, -0.05) is 55.2 Å². The van der Waals surface area contributed by atoms with Gasteiger partial charge in [0, 0.05) is 22.6 Å². The average Bonchev–Trinajstić information content (AvgIpc) is 2.79. The van der Waals surface area contributed by atoms with Crippen molar-refractivity contribution in [2.45, 2.75) is 59.2 Å². The van der Waals surface area contributed by atoms with Gasteiger partial charge in [0.15, 0.2) is 0 Å². The zero-order valence-corrected chi connectivity index (χ0v) is 23.0. The smallest absolute Gasteiger partial charge is 0.244 e. The first kappa shape index (κ1) is 28.9. The monoisotopic (exact) mass is 541 g/mol. The largest absolute Gasteiger partial charge is 0.352 e. The Morgan fingerprint density at radius 3 is 2.14 bits per heavy atom. The lowest BCUT2D eigenvalue weighted by Crippen LogP contribution is -2.53. The molecule has 35 heavy (non-hydrogen) atoms. The molecule has 0 bridgehead atoms. The molecule has 10 heteroatoms. The van der Waals surface area contributed by atoms with E-state index < -0.39 is 28.5 Å². The van der Waals surface area contributed by atoms with Gasteiger partial charge in [0.25, 0.3) is 0 Å². The molecule has 2 aromatic rings. The quantitative estimate of drug-likeness (QED) is 0.443. The number of hydrogen-bond acceptors (Lipinski definition) is 4. The van der Waals surface area contributed by atoms with Crippen LogP contribution in [0.2, 0.25) is 10.0 Å². The van der Waals surface area contributed by atoms with Crippen molar-refractivity contribution in [2.75, 3.05) is 17.1 Å². The number of nitrogens with one attached hydrogen (secondary N) is 1. The van der Waals surface area contributed by atoms with Crippen LogP contribution in [0.4, 0.5) is 5.69 Å². The molecule has 1 N–H and O–H groups in total. The zero-order valence-electron chi connectivity index (χ0n) is 20.7. The minimum absolute atomic E-state index is 0.0642. The van der Waals surface area contributed by atoms with Crippen LogP contribution < -0.4 is 9.62 Å². The predicted molar refractivity (Wildman–Crippen MR) is 142 cm³/mol. The van der Waals surface area contributed by atoms with Gasteiger partial charge < -0.3 is 10.2 Å². The number of hydrogen-bond donors (Lipinski definition) is 1. The van der Waals surface area contributed by atoms with E-state index in [-0.39, 0.29) is 18.5 Å². The van der Waals surface area contributed by atoms with E-state index in [1.165, 1.54) is 11.0 Å². The molecule has 2 amide bonds. The normalized spacial score (nSPS) is 13.1. The molecule has 192 valence electrons. The topological polar surface area (TPSA) is 86.8 Å². The van der Waals surface area contributed by atoms with E-state index in [9.17, 15) is 18.0 Å². The van der Waals surface area contributed by atoms with Crippen LogP contribution in [0.5, 0.6) is 0 Å². The molecule has 0 aliphatic carbocycles. The molecule has 0 radical (unpaired) electrons. The molecular weight excluding hydrogens is 509 g/mol. The van der Waals surface area contributed by atoms with Crippen LogP contribution in [0, 0.1) is 6.92 Å². The van der Waals surface area contributed by atoms with Crippen LogP contribution >= 0.6 is 23.2 Å². The molecule has 0 heterocycles. The van der Waals surface area contributed by atoms with Crippen molar-refractivity contribution in [1.82, 2.24) is 10.2 Å².